The number of sulfonamides is 2. The Morgan fingerprint density at radius 2 is 1.83 bits per heavy atom. The van der Waals surface area contributed by atoms with Crippen LogP contribution in [-0.4, -0.2) is 61.9 Å². The molecule has 2 aromatic carbocycles. The summed E-state index contributed by atoms with van der Waals surface area (Å²) < 4.78 is 52.8. The molecule has 3 N–H and O–H groups in total. The van der Waals surface area contributed by atoms with E-state index >= 15 is 0 Å². The number of nitrogens with two attached hydrogens (primary N) is 1. The predicted molar refractivity (Wildman–Crippen MR) is 138 cm³/mol. The third-order valence-corrected chi connectivity index (χ3v) is 7.54. The van der Waals surface area contributed by atoms with Gasteiger partial charge in [0.1, 0.15) is 0 Å². The second-order valence-corrected chi connectivity index (χ2v) is 11.9. The summed E-state index contributed by atoms with van der Waals surface area (Å²) in [5.41, 5.74) is 2.44. The van der Waals surface area contributed by atoms with Crippen molar-refractivity contribution in [1.29, 1.82) is 0 Å². The van der Waals surface area contributed by atoms with Crippen LogP contribution in [0.5, 0.6) is 0 Å². The number of benzene rings is 2. The smallest absolute Gasteiger partial charge is 0.283 e. The van der Waals surface area contributed by atoms with E-state index in [0.29, 0.717) is 10.7 Å². The van der Waals surface area contributed by atoms with Crippen LogP contribution in [-0.2, 0) is 27.1 Å². The fourth-order valence-corrected chi connectivity index (χ4v) is 5.08. The van der Waals surface area contributed by atoms with Crippen molar-refractivity contribution in [2.75, 3.05) is 18.8 Å². The summed E-state index contributed by atoms with van der Waals surface area (Å²) in [6.45, 7) is -0.0157. The molecular formula is C22H24ClN7O4S2. The van der Waals surface area contributed by atoms with Crippen molar-refractivity contribution in [3.05, 3.63) is 83.3 Å². The molecule has 36 heavy (non-hydrogen) atoms. The lowest BCUT2D eigenvalue weighted by molar-refractivity contribution is 0.461. The van der Waals surface area contributed by atoms with Crippen molar-refractivity contribution >= 4 is 43.3 Å². The van der Waals surface area contributed by atoms with Gasteiger partial charge >= 0.3 is 0 Å². The van der Waals surface area contributed by atoms with Gasteiger partial charge in [-0.15, -0.1) is 0 Å². The van der Waals surface area contributed by atoms with Crippen molar-refractivity contribution in [3.63, 3.8) is 0 Å². The molecule has 0 radical (unpaired) electrons. The van der Waals surface area contributed by atoms with E-state index in [1.165, 1.54) is 22.1 Å². The van der Waals surface area contributed by atoms with Crippen LogP contribution in [0.25, 0.3) is 0 Å². The van der Waals surface area contributed by atoms with Gasteiger partial charge in [-0.05, 0) is 23.3 Å². The Hall–Kier alpha value is -3.26. The number of nitrogens with one attached hydrogen (secondary N) is 1. The molecule has 1 atom stereocenters. The minimum Gasteiger partial charge on any atom is -0.339 e. The van der Waals surface area contributed by atoms with Crippen molar-refractivity contribution in [2.24, 2.45) is 22.3 Å². The molecule has 0 spiro atoms. The summed E-state index contributed by atoms with van der Waals surface area (Å²) in [5, 5.41) is 11.5. The first-order chi connectivity index (χ1) is 17.0. The van der Waals surface area contributed by atoms with E-state index in [4.69, 9.17) is 16.7 Å². The summed E-state index contributed by atoms with van der Waals surface area (Å²) in [5.74, 6) is -0.838. The van der Waals surface area contributed by atoms with E-state index in [2.05, 4.69) is 19.8 Å². The highest BCUT2D eigenvalue weighted by atomic mass is 35.5. The lowest BCUT2D eigenvalue weighted by atomic mass is 9.91. The molecule has 1 aliphatic rings. The molecule has 0 saturated heterocycles. The Labute approximate surface area is 214 Å². The van der Waals surface area contributed by atoms with E-state index in [1.807, 2.05) is 42.5 Å². The van der Waals surface area contributed by atoms with Crippen LogP contribution >= 0.6 is 11.6 Å². The summed E-state index contributed by atoms with van der Waals surface area (Å²) in [4.78, 5) is 8.10. The lowest BCUT2D eigenvalue weighted by Crippen LogP contribution is -2.42. The van der Waals surface area contributed by atoms with Gasteiger partial charge in [0.25, 0.3) is 10.0 Å². The monoisotopic (exact) mass is 549 g/mol. The molecule has 0 fully saturated rings. The van der Waals surface area contributed by atoms with Gasteiger partial charge in [0, 0.05) is 24.2 Å². The van der Waals surface area contributed by atoms with E-state index in [9.17, 15) is 16.8 Å². The summed E-state index contributed by atoms with van der Waals surface area (Å²) in [6, 6.07) is 16.8. The van der Waals surface area contributed by atoms with E-state index < -0.39 is 25.8 Å². The van der Waals surface area contributed by atoms with Crippen molar-refractivity contribution in [3.8, 4) is 0 Å². The van der Waals surface area contributed by atoms with Gasteiger partial charge in [-0.3, -0.25) is 0 Å². The number of primary sulfonamides is 1. The third kappa shape index (κ3) is 6.29. The van der Waals surface area contributed by atoms with Crippen LogP contribution in [0.1, 0.15) is 17.0 Å². The average molecular weight is 550 g/mol. The van der Waals surface area contributed by atoms with Gasteiger partial charge in [0.2, 0.25) is 16.0 Å². The van der Waals surface area contributed by atoms with Crippen LogP contribution in [0.4, 0.5) is 0 Å². The van der Waals surface area contributed by atoms with Gasteiger partial charge in [0.05, 0.1) is 30.9 Å². The molecule has 0 saturated carbocycles. The first-order valence-electron chi connectivity index (χ1n) is 10.7. The second-order valence-electron chi connectivity index (χ2n) is 8.09. The summed E-state index contributed by atoms with van der Waals surface area (Å²) in [7, 11) is -6.31. The van der Waals surface area contributed by atoms with E-state index in [0.717, 1.165) is 11.1 Å². The summed E-state index contributed by atoms with van der Waals surface area (Å²) in [6.07, 6.45) is 2.69. The van der Waals surface area contributed by atoms with E-state index in [1.54, 1.807) is 19.2 Å². The predicted octanol–water partition coefficient (Wildman–Crippen LogP) is 1.50. The number of hydrogen-bond donors (Lipinski definition) is 2. The highest BCUT2D eigenvalue weighted by molar-refractivity contribution is 7.90. The van der Waals surface area contributed by atoms with Crippen LogP contribution in [0, 0.1) is 0 Å². The molecule has 3 aromatic rings. The number of hydrazone groups is 1. The minimum absolute atomic E-state index is 0.144. The number of guanidine groups is 1. The zero-order valence-electron chi connectivity index (χ0n) is 19.2. The molecule has 2 heterocycles. The number of hydrogen-bond acceptors (Lipinski definition) is 7. The number of rotatable bonds is 7. The molecule has 1 aliphatic heterocycles. The van der Waals surface area contributed by atoms with Gasteiger partial charge in [0.15, 0.2) is 5.03 Å². The molecule has 0 unspecified atom stereocenters. The zero-order chi connectivity index (χ0) is 25.9. The Bertz CT molecular complexity index is 1500. The highest BCUT2D eigenvalue weighted by Crippen LogP contribution is 2.29. The van der Waals surface area contributed by atoms with Crippen LogP contribution in [0.2, 0.25) is 5.02 Å². The van der Waals surface area contributed by atoms with E-state index in [-0.39, 0.29) is 30.0 Å². The average Bonchev–Trinajstić information content (AvgIpc) is 3.46. The Morgan fingerprint density at radius 3 is 2.44 bits per heavy atom. The lowest BCUT2D eigenvalue weighted by Gasteiger charge is -2.19. The number of nitrogens with zero attached hydrogens (tertiary/aromatic N) is 5. The molecule has 11 nitrogen and oxygen atoms in total. The van der Waals surface area contributed by atoms with Gasteiger partial charge in [-0.1, -0.05) is 54.1 Å². The molecule has 0 amide bonds. The molecule has 0 bridgehead atoms. The van der Waals surface area contributed by atoms with Gasteiger partial charge < -0.3 is 4.57 Å². The maximum Gasteiger partial charge on any atom is 0.283 e. The number of aryl methyl sites for hydroxylation is 1. The first kappa shape index (κ1) is 25.8. The normalized spacial score (nSPS) is 16.8. The van der Waals surface area contributed by atoms with Crippen LogP contribution < -0.4 is 9.86 Å². The summed E-state index contributed by atoms with van der Waals surface area (Å²) >= 11 is 6.06. The topological polar surface area (TPSA) is 152 Å². The fourth-order valence-electron chi connectivity index (χ4n) is 3.61. The highest BCUT2D eigenvalue weighted by Gasteiger charge is 2.33. The molecule has 1 aromatic heterocycles. The zero-order valence-corrected chi connectivity index (χ0v) is 21.6. The third-order valence-electron chi connectivity index (χ3n) is 5.32. The Balaban J connectivity index is 1.73. The number of imidazole rings is 1. The SMILES string of the molecule is Cn1cnc(S(=O)(=O)NC(=NCCS(N)(=O)=O)N2C[C@H](c3ccccc3)C(c3ccc(Cl)cc3)=N2)c1. The Kier molecular flexibility index (Phi) is 7.45. The maximum atomic E-state index is 13.0. The first-order valence-corrected chi connectivity index (χ1v) is 14.3. The quantitative estimate of drug-likeness (QED) is 0.336. The second kappa shape index (κ2) is 10.4. The Morgan fingerprint density at radius 1 is 1.14 bits per heavy atom. The number of aliphatic imine (C=N–C) groups is 1. The van der Waals surface area contributed by atoms with Crippen molar-refractivity contribution in [1.82, 2.24) is 19.3 Å². The number of halogens is 1. The molecule has 14 heteroatoms. The molecule has 4 rings (SSSR count). The maximum absolute atomic E-state index is 13.0. The largest absolute Gasteiger partial charge is 0.339 e. The minimum atomic E-state index is -4.13. The van der Waals surface area contributed by atoms with Crippen molar-refractivity contribution in [2.45, 2.75) is 10.9 Å². The van der Waals surface area contributed by atoms with Gasteiger partial charge in [-0.25, -0.2) is 33.3 Å². The standard InChI is InChI=1S/C22H24ClN7O4S2/c1-29-14-20(26-15-29)36(33,34)28-22(25-11-12-35(24,31)32)30-13-19(16-5-3-2-4-6-16)21(27-30)17-7-9-18(23)10-8-17/h2-10,14-15,19H,11-13H2,1H3,(H,25,28)(H2,24,31,32)/t19-/m1/s1. The van der Waals surface area contributed by atoms with Crippen LogP contribution in [0.3, 0.4) is 0 Å². The molecular weight excluding hydrogens is 526 g/mol. The van der Waals surface area contributed by atoms with Gasteiger partial charge in [-0.2, -0.15) is 13.5 Å². The molecule has 190 valence electrons. The number of aromatic nitrogens is 2. The molecule has 0 aliphatic carbocycles. The van der Waals surface area contributed by atoms with Crippen molar-refractivity contribution < 1.29 is 16.8 Å². The van der Waals surface area contributed by atoms with Crippen LogP contribution in [0.15, 0.2) is 82.2 Å². The fraction of sp³-hybridized carbons (Fsp3) is 0.227.